The molecule has 1 atom stereocenters. The monoisotopic (exact) mass is 459 g/mol. The number of carbonyl (C=O) groups is 2. The fourth-order valence-corrected chi connectivity index (χ4v) is 4.30. The molecule has 1 aromatic heterocycles. The molecule has 1 unspecified atom stereocenters. The molecular formula is C27H25NO6. The number of methoxy groups -OCH3 is 1. The second-order valence-electron chi connectivity index (χ2n) is 7.94. The zero-order valence-electron chi connectivity index (χ0n) is 19.4. The molecule has 2 heterocycles. The van der Waals surface area contributed by atoms with Gasteiger partial charge in [0, 0.05) is 23.0 Å². The minimum Gasteiger partial charge on any atom is -0.466 e. The lowest BCUT2D eigenvalue weighted by Crippen LogP contribution is -2.32. The Morgan fingerprint density at radius 2 is 1.68 bits per heavy atom. The van der Waals surface area contributed by atoms with Crippen LogP contribution in [0.5, 0.6) is 0 Å². The smallest absolute Gasteiger partial charge is 0.336 e. The van der Waals surface area contributed by atoms with Crippen molar-refractivity contribution in [1.29, 1.82) is 0 Å². The summed E-state index contributed by atoms with van der Waals surface area (Å²) in [6, 6.07) is 15.7. The van der Waals surface area contributed by atoms with E-state index in [2.05, 4.69) is 5.32 Å². The molecule has 0 radical (unpaired) electrons. The molecule has 0 fully saturated rings. The number of dihydropyridines is 1. The molecule has 2 aromatic carbocycles. The lowest BCUT2D eigenvalue weighted by atomic mass is 9.80. The topological polar surface area (TPSA) is 94.8 Å². The number of rotatable bonds is 5. The summed E-state index contributed by atoms with van der Waals surface area (Å²) in [4.78, 5) is 38.4. The normalized spacial score (nSPS) is 15.8. The maximum Gasteiger partial charge on any atom is 0.336 e. The van der Waals surface area contributed by atoms with Crippen molar-refractivity contribution in [2.45, 2.75) is 26.7 Å². The van der Waals surface area contributed by atoms with E-state index in [4.69, 9.17) is 13.9 Å². The van der Waals surface area contributed by atoms with Crippen molar-refractivity contribution in [3.05, 3.63) is 92.9 Å². The molecule has 0 amide bonds. The number of benzene rings is 2. The minimum atomic E-state index is -0.722. The molecule has 34 heavy (non-hydrogen) atoms. The van der Waals surface area contributed by atoms with Crippen LogP contribution in [0.1, 0.15) is 32.3 Å². The average Bonchev–Trinajstić information content (AvgIpc) is 2.83. The van der Waals surface area contributed by atoms with Crippen molar-refractivity contribution in [2.24, 2.45) is 0 Å². The number of ether oxygens (including phenoxy) is 2. The number of allylic oxidation sites excluding steroid dienone is 2. The first-order chi connectivity index (χ1) is 16.3. The summed E-state index contributed by atoms with van der Waals surface area (Å²) < 4.78 is 16.4. The largest absolute Gasteiger partial charge is 0.466 e. The van der Waals surface area contributed by atoms with Crippen LogP contribution in [-0.4, -0.2) is 25.7 Å². The molecular weight excluding hydrogens is 434 g/mol. The van der Waals surface area contributed by atoms with Crippen LogP contribution >= 0.6 is 0 Å². The first-order valence-corrected chi connectivity index (χ1v) is 10.9. The molecule has 0 saturated carbocycles. The van der Waals surface area contributed by atoms with Gasteiger partial charge in [0.1, 0.15) is 11.3 Å². The number of hydrogen-bond donors (Lipinski definition) is 1. The number of carbonyl (C=O) groups excluding carboxylic acids is 2. The average molecular weight is 459 g/mol. The van der Waals surface area contributed by atoms with E-state index in [1.165, 1.54) is 13.2 Å². The molecule has 7 nitrogen and oxygen atoms in total. The number of hydrogen-bond acceptors (Lipinski definition) is 7. The Labute approximate surface area is 196 Å². The van der Waals surface area contributed by atoms with Crippen LogP contribution in [0.15, 0.2) is 86.3 Å². The van der Waals surface area contributed by atoms with Gasteiger partial charge in [0.05, 0.1) is 36.2 Å². The fourth-order valence-electron chi connectivity index (χ4n) is 4.30. The van der Waals surface area contributed by atoms with Crippen molar-refractivity contribution < 1.29 is 23.5 Å². The Hall–Kier alpha value is -4.13. The summed E-state index contributed by atoms with van der Waals surface area (Å²) in [5, 5.41) is 3.60. The second kappa shape index (κ2) is 9.39. The summed E-state index contributed by atoms with van der Waals surface area (Å²) in [5.74, 6) is -1.40. The zero-order valence-corrected chi connectivity index (χ0v) is 19.4. The van der Waals surface area contributed by atoms with Gasteiger partial charge in [-0.15, -0.1) is 0 Å². The SMILES string of the molecule is CCOC(=O)C1=C(C)NC(C)=C(C(=O)OC)C1c1cccc(-c2cc(=O)c3ccccc3o2)c1. The van der Waals surface area contributed by atoms with E-state index in [0.717, 1.165) is 0 Å². The van der Waals surface area contributed by atoms with Crippen LogP contribution < -0.4 is 10.7 Å². The van der Waals surface area contributed by atoms with Crippen LogP contribution in [0.25, 0.3) is 22.3 Å². The quantitative estimate of drug-likeness (QED) is 0.564. The maximum absolute atomic E-state index is 12.9. The molecule has 7 heteroatoms. The second-order valence-corrected chi connectivity index (χ2v) is 7.94. The van der Waals surface area contributed by atoms with Crippen LogP contribution in [0, 0.1) is 0 Å². The van der Waals surface area contributed by atoms with Crippen molar-refractivity contribution in [2.75, 3.05) is 13.7 Å². The summed E-state index contributed by atoms with van der Waals surface area (Å²) in [5.41, 5.74) is 3.45. The highest BCUT2D eigenvalue weighted by molar-refractivity contribution is 6.00. The molecule has 3 aromatic rings. The lowest BCUT2D eigenvalue weighted by Gasteiger charge is -2.30. The first-order valence-electron chi connectivity index (χ1n) is 10.9. The van der Waals surface area contributed by atoms with Crippen molar-refractivity contribution in [3.8, 4) is 11.3 Å². The molecule has 0 bridgehead atoms. The zero-order chi connectivity index (χ0) is 24.4. The van der Waals surface area contributed by atoms with E-state index in [-0.39, 0.29) is 12.0 Å². The lowest BCUT2D eigenvalue weighted by molar-refractivity contribution is -0.139. The highest BCUT2D eigenvalue weighted by Crippen LogP contribution is 2.40. The Bertz CT molecular complexity index is 1410. The predicted molar refractivity (Wildman–Crippen MR) is 128 cm³/mol. The molecule has 1 N–H and O–H groups in total. The number of para-hydroxylation sites is 1. The molecule has 0 saturated heterocycles. The highest BCUT2D eigenvalue weighted by atomic mass is 16.5. The summed E-state index contributed by atoms with van der Waals surface area (Å²) in [7, 11) is 1.30. The molecule has 174 valence electrons. The van der Waals surface area contributed by atoms with Crippen LogP contribution in [-0.2, 0) is 19.1 Å². The van der Waals surface area contributed by atoms with Crippen molar-refractivity contribution >= 4 is 22.9 Å². The van der Waals surface area contributed by atoms with E-state index in [0.29, 0.717) is 50.4 Å². The van der Waals surface area contributed by atoms with E-state index >= 15 is 0 Å². The Kier molecular flexibility index (Phi) is 6.36. The van der Waals surface area contributed by atoms with Gasteiger partial charge in [-0.25, -0.2) is 9.59 Å². The Morgan fingerprint density at radius 1 is 0.971 bits per heavy atom. The van der Waals surface area contributed by atoms with E-state index < -0.39 is 17.9 Å². The molecule has 1 aliphatic rings. The molecule has 1 aliphatic heterocycles. The van der Waals surface area contributed by atoms with Gasteiger partial charge in [-0.1, -0.05) is 30.3 Å². The highest BCUT2D eigenvalue weighted by Gasteiger charge is 2.37. The summed E-state index contributed by atoms with van der Waals surface area (Å²) in [6.45, 7) is 5.45. The molecule has 0 spiro atoms. The van der Waals surface area contributed by atoms with Crippen LogP contribution in [0.4, 0.5) is 0 Å². The Morgan fingerprint density at radius 3 is 2.38 bits per heavy atom. The van der Waals surface area contributed by atoms with Gasteiger partial charge >= 0.3 is 11.9 Å². The van der Waals surface area contributed by atoms with Gasteiger partial charge in [0.2, 0.25) is 0 Å². The van der Waals surface area contributed by atoms with Gasteiger partial charge in [0.15, 0.2) is 5.43 Å². The molecule has 4 rings (SSSR count). The van der Waals surface area contributed by atoms with E-state index in [1.807, 2.05) is 18.2 Å². The Balaban J connectivity index is 1.89. The van der Waals surface area contributed by atoms with Gasteiger partial charge in [-0.05, 0) is 44.5 Å². The van der Waals surface area contributed by atoms with Crippen LogP contribution in [0.2, 0.25) is 0 Å². The number of nitrogens with one attached hydrogen (secondary N) is 1. The van der Waals surface area contributed by atoms with Crippen LogP contribution in [0.3, 0.4) is 0 Å². The maximum atomic E-state index is 12.9. The van der Waals surface area contributed by atoms with E-state index in [1.54, 1.807) is 51.1 Å². The van der Waals surface area contributed by atoms with E-state index in [9.17, 15) is 14.4 Å². The van der Waals surface area contributed by atoms with Gasteiger partial charge in [0.25, 0.3) is 0 Å². The van der Waals surface area contributed by atoms with Gasteiger partial charge in [-0.3, -0.25) is 4.79 Å². The predicted octanol–water partition coefficient (Wildman–Crippen LogP) is 4.43. The van der Waals surface area contributed by atoms with Crippen molar-refractivity contribution in [3.63, 3.8) is 0 Å². The van der Waals surface area contributed by atoms with Gasteiger partial charge < -0.3 is 19.2 Å². The number of fused-ring (bicyclic) bond motifs is 1. The minimum absolute atomic E-state index is 0.155. The van der Waals surface area contributed by atoms with Crippen molar-refractivity contribution in [1.82, 2.24) is 5.32 Å². The standard InChI is InChI=1S/C27H25NO6/c1-5-33-27(31)24-16(3)28-15(2)23(26(30)32-4)25(24)18-10-8-9-17(13-18)22-14-20(29)19-11-6-7-12-21(19)34-22/h6-14,25,28H,5H2,1-4H3. The number of esters is 2. The third-order valence-corrected chi connectivity index (χ3v) is 5.80. The summed E-state index contributed by atoms with van der Waals surface area (Å²) in [6.07, 6.45) is 0. The fraction of sp³-hybridized carbons (Fsp3) is 0.222. The summed E-state index contributed by atoms with van der Waals surface area (Å²) >= 11 is 0. The first kappa shape index (κ1) is 23.0. The van der Waals surface area contributed by atoms with Gasteiger partial charge in [-0.2, -0.15) is 0 Å². The molecule has 0 aliphatic carbocycles. The third kappa shape index (κ3) is 4.12. The third-order valence-electron chi connectivity index (χ3n) is 5.80.